The Balaban J connectivity index is -0.0000000219. The van der Waals surface area contributed by atoms with Gasteiger partial charge in [-0.05, 0) is 18.8 Å². The fourth-order valence-corrected chi connectivity index (χ4v) is 5.25. The van der Waals surface area contributed by atoms with E-state index in [0.29, 0.717) is 11.8 Å². The van der Waals surface area contributed by atoms with Crippen LogP contribution in [0.4, 0.5) is 0 Å². The Kier molecular flexibility index (Phi) is 138. The predicted molar refractivity (Wildman–Crippen MR) is 222 cm³/mol. The molecular formula is C40H76Fe2N4S2-4. The van der Waals surface area contributed by atoms with Gasteiger partial charge in [0.05, 0.1) is 6.07 Å². The molecule has 0 amide bonds. The summed E-state index contributed by atoms with van der Waals surface area (Å²) in [6.45, 7) is 0. The summed E-state index contributed by atoms with van der Waals surface area (Å²) in [7, 11) is 0. The maximum Gasteiger partial charge on any atom is 6.00 e. The fraction of sp³-hybridized carbons (Fsp3) is 0.525. The standard InChI is InChI=1S/C9H11N2S.C9H10N2.2C5H10.12CH3.2Fe.S/c10-5-8(6-11)9(12)7-3-1-2-4-7;10-6-9(7-11)5-8-3-1-2-4-8;2*1-2-4-5-3-1;;;;;;;;;;;;;;;/h7,9,12H,1-4H2;5,8H,1-4H2;2*1-5H2;12*1H3;;;/q-1;;;;12*-1;2*+6;-2/p-1. The molecule has 4 fully saturated rings. The fourth-order valence-electron chi connectivity index (χ4n) is 4.88. The molecule has 0 aromatic rings. The third-order valence-corrected chi connectivity index (χ3v) is 7.52. The zero-order chi connectivity index (χ0) is 24.2. The first-order valence-electron chi connectivity index (χ1n) is 13.0. The van der Waals surface area contributed by atoms with Gasteiger partial charge >= 0.3 is 34.1 Å². The molecule has 1 atom stereocenters. The summed E-state index contributed by atoms with van der Waals surface area (Å²) in [6, 6.07) is 5.64. The molecule has 0 bridgehead atoms. The van der Waals surface area contributed by atoms with Gasteiger partial charge in [-0.1, -0.05) is 115 Å². The van der Waals surface area contributed by atoms with E-state index in [1.807, 2.05) is 30.2 Å². The van der Waals surface area contributed by atoms with Crippen LogP contribution < -0.4 is 0 Å². The van der Waals surface area contributed by atoms with Crippen LogP contribution in [-0.2, 0) is 60.3 Å². The molecule has 48 heavy (non-hydrogen) atoms. The van der Waals surface area contributed by atoms with Gasteiger partial charge in [0.2, 0.25) is 0 Å². The number of rotatable bonds is 3. The van der Waals surface area contributed by atoms with Crippen LogP contribution >= 0.6 is 0 Å². The summed E-state index contributed by atoms with van der Waals surface area (Å²) < 4.78 is 0. The van der Waals surface area contributed by atoms with Crippen LogP contribution in [0.15, 0.2) is 17.2 Å². The molecule has 0 spiro atoms. The smallest absolute Gasteiger partial charge is 2.00 e. The van der Waals surface area contributed by atoms with Crippen molar-refractivity contribution in [2.24, 2.45) is 11.8 Å². The van der Waals surface area contributed by atoms with E-state index >= 15 is 0 Å². The van der Waals surface area contributed by atoms with Crippen molar-refractivity contribution in [3.63, 3.8) is 0 Å². The molecule has 0 radical (unpaired) electrons. The molecule has 0 aliphatic heterocycles. The summed E-state index contributed by atoms with van der Waals surface area (Å²) >= 11 is 5.13. The maximum absolute atomic E-state index is 8.58. The Hall–Kier alpha value is -0.601. The van der Waals surface area contributed by atoms with E-state index in [1.165, 1.54) is 89.9 Å². The molecule has 4 saturated carbocycles. The van der Waals surface area contributed by atoms with Gasteiger partial charge in [-0.25, -0.2) is 0 Å². The average Bonchev–Trinajstić information content (AvgIpc) is 3.68. The van der Waals surface area contributed by atoms with Crippen molar-refractivity contribution in [2.45, 2.75) is 121 Å². The first kappa shape index (κ1) is 97.2. The van der Waals surface area contributed by atoms with E-state index in [-0.39, 0.29) is 153 Å². The van der Waals surface area contributed by atoms with Crippen LogP contribution in [0.25, 0.3) is 5.41 Å². The van der Waals surface area contributed by atoms with Crippen LogP contribution in [0.5, 0.6) is 0 Å². The Morgan fingerprint density at radius 1 is 0.521 bits per heavy atom. The third kappa shape index (κ3) is 47.5. The Morgan fingerprint density at radius 2 is 0.792 bits per heavy atom. The Bertz CT molecular complexity index is 703. The van der Waals surface area contributed by atoms with Gasteiger partial charge in [0.1, 0.15) is 17.7 Å². The van der Waals surface area contributed by atoms with Gasteiger partial charge in [-0.3, -0.25) is 5.87 Å². The van der Waals surface area contributed by atoms with Gasteiger partial charge in [0.25, 0.3) is 0 Å². The summed E-state index contributed by atoms with van der Waals surface area (Å²) in [4.78, 5) is 0. The van der Waals surface area contributed by atoms with Crippen LogP contribution in [0.3, 0.4) is 0 Å². The minimum atomic E-state index is -0.234. The second-order valence-corrected chi connectivity index (χ2v) is 9.99. The zero-order valence-electron chi connectivity index (χ0n) is 33.3. The first-order valence-corrected chi connectivity index (χ1v) is 13.5. The Labute approximate surface area is 342 Å². The van der Waals surface area contributed by atoms with Crippen molar-refractivity contribution < 1.29 is 34.1 Å². The van der Waals surface area contributed by atoms with E-state index < -0.39 is 0 Å². The van der Waals surface area contributed by atoms with Gasteiger partial charge in [-0.15, -0.1) is 5.25 Å². The molecule has 8 heteroatoms. The molecule has 0 aromatic carbocycles. The second-order valence-electron chi connectivity index (χ2n) is 9.49. The molecule has 4 aliphatic carbocycles. The van der Waals surface area contributed by atoms with E-state index in [4.69, 9.17) is 33.8 Å². The molecule has 288 valence electrons. The van der Waals surface area contributed by atoms with Crippen LogP contribution in [0, 0.1) is 135 Å². The SMILES string of the molecule is C1CCCC1.C1CCCC1.N#CC(=C=[N-])C([S-])C1CCCC1.N#CC(C#N)=CC1CCCC1.[CH3-].[CH3-].[CH3-].[CH3-].[CH3-].[CH3-].[CH3-].[CH3-].[CH3-].[CH3-].[CH3-].[CH3-].[Fe+6].[Fe+6].[S-2]. The number of nitrogens with zero attached hydrogens (tertiary/aromatic N) is 4. The normalized spacial score (nSPS) is 13.8. The van der Waals surface area contributed by atoms with Crippen molar-refractivity contribution in [1.29, 1.82) is 15.8 Å². The number of hydrogen-bond donors (Lipinski definition) is 0. The van der Waals surface area contributed by atoms with Gasteiger partial charge in [-0.2, -0.15) is 15.8 Å². The van der Waals surface area contributed by atoms with Crippen molar-refractivity contribution in [3.05, 3.63) is 112 Å². The van der Waals surface area contributed by atoms with Crippen molar-refractivity contribution in [3.8, 4) is 18.2 Å². The van der Waals surface area contributed by atoms with Crippen LogP contribution in [0.2, 0.25) is 0 Å². The largest absolute Gasteiger partial charge is 6.00 e. The van der Waals surface area contributed by atoms with Gasteiger partial charge in [0.15, 0.2) is 0 Å². The topological polar surface area (TPSA) is 93.7 Å². The second kappa shape index (κ2) is 68.4. The van der Waals surface area contributed by atoms with Crippen molar-refractivity contribution in [1.82, 2.24) is 0 Å². The molecule has 4 rings (SSSR count). The van der Waals surface area contributed by atoms with E-state index in [0.717, 1.165) is 25.7 Å². The molecule has 0 saturated heterocycles. The molecule has 0 N–H and O–H groups in total. The molecule has 0 aromatic heterocycles. The van der Waals surface area contributed by atoms with E-state index in [2.05, 4.69) is 0 Å². The quantitative estimate of drug-likeness (QED) is 0.0935. The minimum Gasteiger partial charge on any atom is -2.00 e. The van der Waals surface area contributed by atoms with E-state index in [9.17, 15) is 0 Å². The van der Waals surface area contributed by atoms with Gasteiger partial charge < -0.3 is 121 Å². The Morgan fingerprint density at radius 3 is 1.02 bits per heavy atom. The average molecular weight is 789 g/mol. The van der Waals surface area contributed by atoms with E-state index in [1.54, 1.807) is 0 Å². The molecular weight excluding hydrogens is 712 g/mol. The molecule has 0 heterocycles. The monoisotopic (exact) mass is 788 g/mol. The van der Waals surface area contributed by atoms with Crippen molar-refractivity contribution in [2.75, 3.05) is 0 Å². The van der Waals surface area contributed by atoms with Gasteiger partial charge in [0, 0.05) is 5.57 Å². The maximum atomic E-state index is 8.58. The van der Waals surface area contributed by atoms with Crippen LogP contribution in [0.1, 0.15) is 116 Å². The molecule has 1 unspecified atom stereocenters. The summed E-state index contributed by atoms with van der Waals surface area (Å²) in [5.41, 5.74) is 0.494. The van der Waals surface area contributed by atoms with Crippen molar-refractivity contribution >= 4 is 32.0 Å². The summed E-state index contributed by atoms with van der Waals surface area (Å²) in [5, 5.41) is 33.8. The number of hydrogen-bond acceptors (Lipinski definition) is 4. The summed E-state index contributed by atoms with van der Waals surface area (Å²) in [5.74, 6) is 2.77. The summed E-state index contributed by atoms with van der Waals surface area (Å²) in [6.07, 6.45) is 26.1. The molecule has 4 nitrogen and oxygen atoms in total. The minimum absolute atomic E-state index is 0. The first-order chi connectivity index (χ1) is 16.2. The molecule has 4 aliphatic rings. The predicted octanol–water partition coefficient (Wildman–Crippen LogP) is 13.2. The third-order valence-electron chi connectivity index (χ3n) is 6.90. The number of allylic oxidation sites excluding steroid dienone is 2. The number of nitriles is 3. The van der Waals surface area contributed by atoms with Crippen LogP contribution in [-0.4, -0.2) is 11.1 Å². The zero-order valence-corrected chi connectivity index (χ0v) is 37.2.